The van der Waals surface area contributed by atoms with Gasteiger partial charge in [-0.05, 0) is 18.6 Å². The molecule has 0 saturated carbocycles. The summed E-state index contributed by atoms with van der Waals surface area (Å²) in [4.78, 5) is 27.6. The molecule has 100 valence electrons. The minimum atomic E-state index is -0.225. The molecule has 2 aromatic heterocycles. The van der Waals surface area contributed by atoms with E-state index in [1.54, 1.807) is 29.2 Å². The van der Waals surface area contributed by atoms with Crippen LogP contribution in [0.25, 0.3) is 5.82 Å². The minimum absolute atomic E-state index is 0.0115. The van der Waals surface area contributed by atoms with E-state index < -0.39 is 0 Å². The zero-order valence-corrected chi connectivity index (χ0v) is 10.7. The lowest BCUT2D eigenvalue weighted by molar-refractivity contribution is -0.121. The van der Waals surface area contributed by atoms with Crippen LogP contribution in [0.3, 0.4) is 0 Å². The van der Waals surface area contributed by atoms with Crippen LogP contribution in [-0.4, -0.2) is 26.8 Å². The highest BCUT2D eigenvalue weighted by molar-refractivity contribution is 5.75. The molecule has 1 amide bonds. The molecule has 0 unspecified atom stereocenters. The van der Waals surface area contributed by atoms with E-state index in [0.29, 0.717) is 12.4 Å². The van der Waals surface area contributed by atoms with E-state index in [1.165, 1.54) is 10.7 Å². The van der Waals surface area contributed by atoms with Crippen LogP contribution < -0.4 is 10.9 Å². The van der Waals surface area contributed by atoms with Crippen LogP contribution in [0.1, 0.15) is 13.3 Å². The summed E-state index contributed by atoms with van der Waals surface area (Å²) in [5, 5.41) is 2.74. The second-order valence-electron chi connectivity index (χ2n) is 4.09. The quantitative estimate of drug-likeness (QED) is 0.854. The number of amides is 1. The molecule has 0 aliphatic carbocycles. The van der Waals surface area contributed by atoms with Crippen molar-refractivity contribution in [3.63, 3.8) is 0 Å². The smallest absolute Gasteiger partial charge is 0.267 e. The number of rotatable bonds is 5. The third-order valence-corrected chi connectivity index (χ3v) is 2.62. The second kappa shape index (κ2) is 5.99. The summed E-state index contributed by atoms with van der Waals surface area (Å²) in [7, 11) is 0. The predicted octanol–water partition coefficient (Wildman–Crippen LogP) is 0.560. The molecule has 0 saturated heterocycles. The van der Waals surface area contributed by atoms with Gasteiger partial charge in [0.15, 0.2) is 5.82 Å². The Morgan fingerprint density at radius 3 is 2.89 bits per heavy atom. The third-order valence-electron chi connectivity index (χ3n) is 2.62. The maximum Gasteiger partial charge on any atom is 0.267 e. The van der Waals surface area contributed by atoms with Crippen LogP contribution >= 0.6 is 0 Å². The van der Waals surface area contributed by atoms with Gasteiger partial charge in [0.25, 0.3) is 5.56 Å². The molecule has 0 bridgehead atoms. The van der Waals surface area contributed by atoms with Gasteiger partial charge in [0, 0.05) is 25.0 Å². The van der Waals surface area contributed by atoms with Crippen LogP contribution in [0.5, 0.6) is 0 Å². The van der Waals surface area contributed by atoms with Gasteiger partial charge in [0.05, 0.1) is 0 Å². The second-order valence-corrected chi connectivity index (χ2v) is 4.09. The molecule has 6 heteroatoms. The Morgan fingerprint density at radius 2 is 2.21 bits per heavy atom. The highest BCUT2D eigenvalue weighted by Gasteiger charge is 2.09. The minimum Gasteiger partial charge on any atom is -0.355 e. The molecule has 2 rings (SSSR count). The van der Waals surface area contributed by atoms with Crippen molar-refractivity contribution in [1.29, 1.82) is 0 Å². The summed E-state index contributed by atoms with van der Waals surface area (Å²) in [6, 6.07) is 6.82. The van der Waals surface area contributed by atoms with Crippen molar-refractivity contribution >= 4 is 5.91 Å². The molecule has 0 spiro atoms. The topological polar surface area (TPSA) is 68.9 Å². The van der Waals surface area contributed by atoms with Crippen molar-refractivity contribution in [3.8, 4) is 5.82 Å². The fraction of sp³-hybridized carbons (Fsp3) is 0.308. The number of aromatic nitrogens is 3. The van der Waals surface area contributed by atoms with Crippen molar-refractivity contribution in [3.05, 3.63) is 47.0 Å². The lowest BCUT2D eigenvalue weighted by atomic mass is 10.4. The van der Waals surface area contributed by atoms with Gasteiger partial charge in [0.1, 0.15) is 6.54 Å². The first kappa shape index (κ1) is 13.1. The Hall–Kier alpha value is -2.37. The van der Waals surface area contributed by atoms with Gasteiger partial charge in [-0.1, -0.05) is 13.0 Å². The Balaban J connectivity index is 2.24. The SMILES string of the molecule is CCCNC(=O)Cn1c(=O)ccn1-c1ccccn1. The van der Waals surface area contributed by atoms with Crippen molar-refractivity contribution in [2.75, 3.05) is 6.54 Å². The van der Waals surface area contributed by atoms with Crippen molar-refractivity contribution in [2.24, 2.45) is 0 Å². The highest BCUT2D eigenvalue weighted by atomic mass is 16.2. The average molecular weight is 260 g/mol. The zero-order valence-electron chi connectivity index (χ0n) is 10.7. The lowest BCUT2D eigenvalue weighted by Gasteiger charge is -2.10. The summed E-state index contributed by atoms with van der Waals surface area (Å²) >= 11 is 0. The molecule has 0 fully saturated rings. The summed E-state index contributed by atoms with van der Waals surface area (Å²) < 4.78 is 2.93. The van der Waals surface area contributed by atoms with Gasteiger partial charge in [-0.3, -0.25) is 9.59 Å². The van der Waals surface area contributed by atoms with E-state index in [2.05, 4.69) is 10.3 Å². The number of nitrogens with one attached hydrogen (secondary N) is 1. The molecule has 0 atom stereocenters. The maximum absolute atomic E-state index is 11.8. The van der Waals surface area contributed by atoms with Crippen LogP contribution in [0.4, 0.5) is 0 Å². The monoisotopic (exact) mass is 260 g/mol. The van der Waals surface area contributed by atoms with E-state index in [9.17, 15) is 9.59 Å². The zero-order chi connectivity index (χ0) is 13.7. The van der Waals surface area contributed by atoms with Crippen LogP contribution in [-0.2, 0) is 11.3 Å². The van der Waals surface area contributed by atoms with Crippen molar-refractivity contribution in [1.82, 2.24) is 19.7 Å². The van der Waals surface area contributed by atoms with E-state index >= 15 is 0 Å². The molecule has 0 radical (unpaired) electrons. The van der Waals surface area contributed by atoms with E-state index in [1.807, 2.05) is 13.0 Å². The summed E-state index contributed by atoms with van der Waals surface area (Å²) in [5.41, 5.74) is -0.225. The Kier molecular flexibility index (Phi) is 4.12. The molecule has 0 aliphatic rings. The van der Waals surface area contributed by atoms with Crippen LogP contribution in [0.15, 0.2) is 41.5 Å². The maximum atomic E-state index is 11.8. The van der Waals surface area contributed by atoms with Crippen molar-refractivity contribution in [2.45, 2.75) is 19.9 Å². The number of hydrogen-bond acceptors (Lipinski definition) is 3. The van der Waals surface area contributed by atoms with Gasteiger partial charge >= 0.3 is 0 Å². The summed E-state index contributed by atoms with van der Waals surface area (Å²) in [5.74, 6) is 0.424. The fourth-order valence-corrected chi connectivity index (χ4v) is 1.71. The normalized spacial score (nSPS) is 10.4. The van der Waals surface area contributed by atoms with Crippen molar-refractivity contribution < 1.29 is 4.79 Å². The molecule has 2 aromatic rings. The van der Waals surface area contributed by atoms with E-state index in [4.69, 9.17) is 0 Å². The van der Waals surface area contributed by atoms with Gasteiger partial charge in [-0.2, -0.15) is 0 Å². The number of nitrogens with zero attached hydrogens (tertiary/aromatic N) is 3. The first-order valence-corrected chi connectivity index (χ1v) is 6.19. The molecule has 0 aliphatic heterocycles. The van der Waals surface area contributed by atoms with Gasteiger partial charge < -0.3 is 5.32 Å². The molecule has 0 aromatic carbocycles. The van der Waals surface area contributed by atoms with E-state index in [0.717, 1.165) is 6.42 Å². The summed E-state index contributed by atoms with van der Waals surface area (Å²) in [6.45, 7) is 2.57. The Labute approximate surface area is 110 Å². The summed E-state index contributed by atoms with van der Waals surface area (Å²) in [6.07, 6.45) is 4.11. The molecule has 1 N–H and O–H groups in total. The number of hydrogen-bond donors (Lipinski definition) is 1. The molecular weight excluding hydrogens is 244 g/mol. The number of carbonyl (C=O) groups is 1. The Bertz CT molecular complexity index is 601. The molecule has 2 heterocycles. The van der Waals surface area contributed by atoms with Gasteiger partial charge in [-0.25, -0.2) is 14.3 Å². The van der Waals surface area contributed by atoms with E-state index in [-0.39, 0.29) is 18.0 Å². The van der Waals surface area contributed by atoms with Gasteiger partial charge in [0.2, 0.25) is 5.91 Å². The first-order valence-electron chi connectivity index (χ1n) is 6.19. The van der Waals surface area contributed by atoms with Crippen LogP contribution in [0.2, 0.25) is 0 Å². The predicted molar refractivity (Wildman–Crippen MR) is 71.1 cm³/mol. The first-order chi connectivity index (χ1) is 9.22. The molecule has 19 heavy (non-hydrogen) atoms. The van der Waals surface area contributed by atoms with Gasteiger partial charge in [-0.15, -0.1) is 0 Å². The number of carbonyl (C=O) groups excluding carboxylic acids is 1. The third kappa shape index (κ3) is 3.09. The average Bonchev–Trinajstić information content (AvgIpc) is 2.79. The lowest BCUT2D eigenvalue weighted by Crippen LogP contribution is -2.34. The number of pyridine rings is 1. The fourth-order valence-electron chi connectivity index (χ4n) is 1.71. The standard InChI is InChI=1S/C13H16N4O2/c1-2-7-15-12(18)10-17-13(19)6-9-16(17)11-5-3-4-8-14-11/h3-6,8-9H,2,7,10H2,1H3,(H,15,18). The molecular formula is C13H16N4O2. The Morgan fingerprint density at radius 1 is 1.37 bits per heavy atom. The van der Waals surface area contributed by atoms with Crippen LogP contribution in [0, 0.1) is 0 Å². The highest BCUT2D eigenvalue weighted by Crippen LogP contribution is 2.01. The largest absolute Gasteiger partial charge is 0.355 e. The molecule has 6 nitrogen and oxygen atoms in total.